The van der Waals surface area contributed by atoms with Gasteiger partial charge >= 0.3 is 11.8 Å². The fourth-order valence-electron chi connectivity index (χ4n) is 6.51. The van der Waals surface area contributed by atoms with Crippen LogP contribution in [0.2, 0.25) is 0 Å². The van der Waals surface area contributed by atoms with Gasteiger partial charge in [-0.05, 0) is 98.8 Å². The van der Waals surface area contributed by atoms with Gasteiger partial charge in [0.25, 0.3) is 21.8 Å². The molecule has 7 N–H and O–H groups in total. The van der Waals surface area contributed by atoms with Crippen LogP contribution < -0.4 is 41.6 Å². The molecule has 1 saturated heterocycles. The first-order valence-electron chi connectivity index (χ1n) is 20.7. The highest BCUT2D eigenvalue weighted by atomic mass is 32.2. The van der Waals surface area contributed by atoms with Gasteiger partial charge in [-0.25, -0.2) is 13.9 Å². The van der Waals surface area contributed by atoms with Gasteiger partial charge in [-0.1, -0.05) is 25.0 Å². The second-order valence-corrected chi connectivity index (χ2v) is 16.4. The smallest absolute Gasteiger partial charge is 0.327 e. The number of pyridine rings is 2. The number of aromatic nitrogens is 2. The van der Waals surface area contributed by atoms with Crippen LogP contribution in [0.5, 0.6) is 0 Å². The molecule has 62 heavy (non-hydrogen) atoms. The molecule has 0 bridgehead atoms. The molecule has 0 unspecified atom stereocenters. The molecule has 1 aliphatic heterocycles. The zero-order valence-corrected chi connectivity index (χ0v) is 36.0. The van der Waals surface area contributed by atoms with Gasteiger partial charge in [0.1, 0.15) is 5.56 Å². The molecule has 4 amide bonds. The van der Waals surface area contributed by atoms with Crippen molar-refractivity contribution < 1.29 is 41.7 Å². The van der Waals surface area contributed by atoms with E-state index in [-0.39, 0.29) is 23.0 Å². The van der Waals surface area contributed by atoms with E-state index in [2.05, 4.69) is 46.9 Å². The molecule has 332 valence electrons. The number of sulfonamides is 1. The van der Waals surface area contributed by atoms with E-state index in [1.54, 1.807) is 61.4 Å². The number of amides is 4. The van der Waals surface area contributed by atoms with Crippen molar-refractivity contribution in [1.29, 1.82) is 0 Å². The van der Waals surface area contributed by atoms with Crippen LogP contribution in [-0.4, -0.2) is 94.4 Å². The Morgan fingerprint density at radius 2 is 1.58 bits per heavy atom. The van der Waals surface area contributed by atoms with Crippen molar-refractivity contribution in [3.05, 3.63) is 108 Å². The number of benzene rings is 2. The number of anilines is 3. The molecule has 18 nitrogen and oxygen atoms in total. The molecule has 4 aromatic rings. The van der Waals surface area contributed by atoms with E-state index >= 15 is 0 Å². The normalized spacial score (nSPS) is 12.9. The lowest BCUT2D eigenvalue weighted by Gasteiger charge is -2.26. The molecule has 0 radical (unpaired) electrons. The second kappa shape index (κ2) is 24.5. The Labute approximate surface area is 362 Å². The summed E-state index contributed by atoms with van der Waals surface area (Å²) in [4.78, 5) is 62.3. The van der Waals surface area contributed by atoms with Gasteiger partial charge < -0.3 is 20.7 Å². The maximum Gasteiger partial charge on any atom is 0.327 e. The largest absolute Gasteiger partial charge is 0.379 e. The van der Waals surface area contributed by atoms with Crippen molar-refractivity contribution in [1.82, 2.24) is 31.4 Å². The molecule has 1 fully saturated rings. The Morgan fingerprint density at radius 1 is 0.839 bits per heavy atom. The fraction of sp³-hybridized carbons (Fsp3) is 0.395. The molecule has 0 saturated carbocycles. The van der Waals surface area contributed by atoms with Gasteiger partial charge in [0.05, 0.1) is 30.4 Å². The molecule has 5 rings (SSSR count). The zero-order chi connectivity index (χ0) is 44.2. The van der Waals surface area contributed by atoms with E-state index in [1.165, 1.54) is 30.3 Å². The van der Waals surface area contributed by atoms with Gasteiger partial charge in [0.2, 0.25) is 6.54 Å². The lowest BCUT2D eigenvalue weighted by atomic mass is 10.1. The molecule has 2 aromatic heterocycles. The number of hydrazine groups is 1. The molecule has 0 spiro atoms. The summed E-state index contributed by atoms with van der Waals surface area (Å²) in [5.41, 5.74) is 11.4. The minimum atomic E-state index is -4.10. The van der Waals surface area contributed by atoms with E-state index in [4.69, 9.17) is 9.57 Å². The summed E-state index contributed by atoms with van der Waals surface area (Å²) in [7, 11) is -4.10. The summed E-state index contributed by atoms with van der Waals surface area (Å²) >= 11 is 0. The van der Waals surface area contributed by atoms with Crippen molar-refractivity contribution in [2.45, 2.75) is 64.0 Å². The topological polar surface area (TPSA) is 225 Å². The van der Waals surface area contributed by atoms with Gasteiger partial charge in [-0.3, -0.25) is 49.5 Å². The molecule has 0 aliphatic carbocycles. The first-order valence-corrected chi connectivity index (χ1v) is 22.1. The number of unbranched alkanes of at least 4 members (excludes halogenated alkanes) is 3. The fourth-order valence-corrected chi connectivity index (χ4v) is 7.82. The molecular weight excluding hydrogens is 817 g/mol. The van der Waals surface area contributed by atoms with E-state index in [0.717, 1.165) is 57.4 Å². The van der Waals surface area contributed by atoms with Gasteiger partial charge in [-0.15, -0.1) is 0 Å². The number of hydrogen-bond donors (Lipinski definition) is 7. The summed E-state index contributed by atoms with van der Waals surface area (Å²) in [5, 5.41) is 8.38. The lowest BCUT2D eigenvalue weighted by Crippen LogP contribution is -2.43. The first-order chi connectivity index (χ1) is 30.0. The summed E-state index contributed by atoms with van der Waals surface area (Å²) in [6.07, 6.45) is 11.2. The van der Waals surface area contributed by atoms with Crippen LogP contribution in [0.1, 0.15) is 59.2 Å². The van der Waals surface area contributed by atoms with Crippen LogP contribution in [0.3, 0.4) is 0 Å². The van der Waals surface area contributed by atoms with Crippen molar-refractivity contribution >= 4 is 50.7 Å². The highest BCUT2D eigenvalue weighted by molar-refractivity contribution is 7.92. The average Bonchev–Trinajstić information content (AvgIpc) is 3.27. The first kappa shape index (κ1) is 47.1. The van der Waals surface area contributed by atoms with E-state index in [1.807, 2.05) is 12.1 Å². The third-order valence-electron chi connectivity index (χ3n) is 9.88. The van der Waals surface area contributed by atoms with Gasteiger partial charge in [-0.2, -0.15) is 4.57 Å². The van der Waals surface area contributed by atoms with Crippen LogP contribution in [0.4, 0.5) is 17.1 Å². The highest BCUT2D eigenvalue weighted by Gasteiger charge is 2.23. The lowest BCUT2D eigenvalue weighted by molar-refractivity contribution is -0.684. The molecule has 19 heteroatoms. The van der Waals surface area contributed by atoms with Crippen LogP contribution in [0.15, 0.2) is 90.3 Å². The monoisotopic (exact) mass is 873 g/mol. The number of ether oxygens (including phenoxy) is 1. The molecule has 1 aliphatic rings. The zero-order valence-electron chi connectivity index (χ0n) is 35.2. The van der Waals surface area contributed by atoms with Crippen molar-refractivity contribution in [2.24, 2.45) is 0 Å². The van der Waals surface area contributed by atoms with E-state index in [9.17, 15) is 27.6 Å². The van der Waals surface area contributed by atoms with Crippen LogP contribution in [0, 0.1) is 13.8 Å². The van der Waals surface area contributed by atoms with E-state index in [0.29, 0.717) is 67.4 Å². The molecule has 0 atom stereocenters. The number of hydrogen-bond acceptors (Lipinski definition) is 12. The minimum absolute atomic E-state index is 0.0300. The Kier molecular flexibility index (Phi) is 18.6. The average molecular weight is 874 g/mol. The van der Waals surface area contributed by atoms with Crippen molar-refractivity contribution in [3.63, 3.8) is 0 Å². The Balaban J connectivity index is 1.02. The van der Waals surface area contributed by atoms with Crippen LogP contribution in [0.25, 0.3) is 0 Å². The summed E-state index contributed by atoms with van der Waals surface area (Å²) in [6, 6.07) is 16.3. The minimum Gasteiger partial charge on any atom is -0.379 e. The van der Waals surface area contributed by atoms with Gasteiger partial charge in [0.15, 0.2) is 12.4 Å². The predicted molar refractivity (Wildman–Crippen MR) is 233 cm³/mol. The number of nitrogens with zero attached hydrogens (tertiary/aromatic N) is 3. The van der Waals surface area contributed by atoms with Crippen molar-refractivity contribution in [2.75, 3.05) is 67.9 Å². The highest BCUT2D eigenvalue weighted by Crippen LogP contribution is 2.28. The quantitative estimate of drug-likeness (QED) is 0.0247. The third kappa shape index (κ3) is 15.5. The Morgan fingerprint density at radius 3 is 2.34 bits per heavy atom. The number of nitrogens with one attached hydrogen (secondary N) is 7. The summed E-state index contributed by atoms with van der Waals surface area (Å²) in [5.74, 6) is -2.29. The summed E-state index contributed by atoms with van der Waals surface area (Å²) in [6.45, 7) is 9.20. The number of carbonyl (C=O) groups is 4. The Hall–Kier alpha value is -5.99. The van der Waals surface area contributed by atoms with Gasteiger partial charge in [0, 0.05) is 62.6 Å². The standard InChI is InChI=1S/C43H56N10O8S/c1-32-12-17-38(62(58,59)51-37-15-13-36(14-16-37)49-50-43(57)42(56)46-20-9-23-52-24-26-60-27-25-52)33(2)40(32)48-39(54)30-53-22-8-11-35(29-53)41(55)45-19-5-3-4-6-21-47-61-31-34-10-7-18-44-28-34/h7-8,10-18,22,28-29,47H,3-6,9,19-21,23-27,30-31H2,1-2H3,(H5-,45,46,48,49,50,51,54,55,56,57)/p+1. The molecule has 3 heterocycles. The number of carbonyl (C=O) groups excluding carboxylic acids is 4. The molecular formula is C43H57N10O8S+. The molecule has 2 aromatic carbocycles. The number of hydroxylamine groups is 1. The number of rotatable bonds is 23. The van der Waals surface area contributed by atoms with E-state index < -0.39 is 27.7 Å². The Bertz CT molecular complexity index is 2210. The maximum absolute atomic E-state index is 13.6. The SMILES string of the molecule is Cc1ccc(S(=O)(=O)Nc2ccc(NNC(=O)C(=O)NCCCN3CCOCC3)cc2)c(C)c1NC(=O)C[n+]1cccc(C(=O)NCCCCCCNOCc2cccnc2)c1. The number of aryl methyl sites for hydroxylation is 1. The second-order valence-electron chi connectivity index (χ2n) is 14.7. The van der Waals surface area contributed by atoms with Crippen LogP contribution in [-0.2, 0) is 47.1 Å². The number of morpholine rings is 1. The third-order valence-corrected chi connectivity index (χ3v) is 11.4. The maximum atomic E-state index is 13.6. The predicted octanol–water partition coefficient (Wildman–Crippen LogP) is 2.72. The van der Waals surface area contributed by atoms with Crippen molar-refractivity contribution in [3.8, 4) is 0 Å². The van der Waals surface area contributed by atoms with Crippen LogP contribution >= 0.6 is 0 Å². The summed E-state index contributed by atoms with van der Waals surface area (Å²) < 4.78 is 36.6.